The molecule has 0 fully saturated rings. The van der Waals surface area contributed by atoms with Gasteiger partial charge in [-0.1, -0.05) is 41.9 Å². The van der Waals surface area contributed by atoms with E-state index in [9.17, 15) is 4.79 Å². The van der Waals surface area contributed by atoms with E-state index < -0.39 is 0 Å². The highest BCUT2D eigenvalue weighted by atomic mass is 35.5. The Morgan fingerprint density at radius 3 is 2.67 bits per heavy atom. The average Bonchev–Trinajstić information content (AvgIpc) is 2.49. The largest absolute Gasteiger partial charge is 0.492 e. The molecular weight excluding hydrogens is 286 g/mol. The number of nitrogens with one attached hydrogen (secondary N) is 1. The van der Waals surface area contributed by atoms with E-state index in [0.29, 0.717) is 23.1 Å². The van der Waals surface area contributed by atoms with Crippen molar-refractivity contribution in [3.05, 3.63) is 65.2 Å². The van der Waals surface area contributed by atoms with Crippen LogP contribution < -0.4 is 10.1 Å². The molecule has 1 N–H and O–H groups in total. The van der Waals surface area contributed by atoms with Crippen LogP contribution in [0.25, 0.3) is 6.08 Å². The molecule has 0 saturated heterocycles. The van der Waals surface area contributed by atoms with Crippen molar-refractivity contribution in [2.24, 2.45) is 0 Å². The van der Waals surface area contributed by atoms with Gasteiger partial charge in [0.2, 0.25) is 5.91 Å². The number of rotatable bonds is 5. The Labute approximate surface area is 129 Å². The first kappa shape index (κ1) is 15.1. The standard InChI is InChI=1S/C17H16ClNO2/c1-2-21-16-10-6-5-9-15(16)19-17(20)12-11-13-7-3-4-8-14(13)18/h3-12H,2H2,1H3,(H,19,20)/b12-11+. The molecule has 0 atom stereocenters. The fourth-order valence-corrected chi connectivity index (χ4v) is 2.00. The molecule has 0 aromatic heterocycles. The second-order valence-electron chi connectivity index (χ2n) is 4.27. The Morgan fingerprint density at radius 2 is 1.90 bits per heavy atom. The maximum atomic E-state index is 12.0. The van der Waals surface area contributed by atoms with Gasteiger partial charge in [0.15, 0.2) is 0 Å². The van der Waals surface area contributed by atoms with Gasteiger partial charge in [0.25, 0.3) is 0 Å². The molecule has 1 amide bonds. The molecular formula is C17H16ClNO2. The fourth-order valence-electron chi connectivity index (χ4n) is 1.80. The van der Waals surface area contributed by atoms with E-state index >= 15 is 0 Å². The van der Waals surface area contributed by atoms with Crippen LogP contribution in [0.2, 0.25) is 5.02 Å². The zero-order valence-electron chi connectivity index (χ0n) is 11.7. The summed E-state index contributed by atoms with van der Waals surface area (Å²) in [4.78, 5) is 12.0. The van der Waals surface area contributed by atoms with E-state index in [0.717, 1.165) is 5.56 Å². The Kier molecular flexibility index (Phi) is 5.41. The van der Waals surface area contributed by atoms with Crippen molar-refractivity contribution in [1.29, 1.82) is 0 Å². The zero-order valence-corrected chi connectivity index (χ0v) is 12.4. The van der Waals surface area contributed by atoms with Crippen LogP contribution in [0.1, 0.15) is 12.5 Å². The third kappa shape index (κ3) is 4.36. The topological polar surface area (TPSA) is 38.3 Å². The lowest BCUT2D eigenvalue weighted by Gasteiger charge is -2.09. The van der Waals surface area contributed by atoms with Crippen molar-refractivity contribution < 1.29 is 9.53 Å². The van der Waals surface area contributed by atoms with Crippen molar-refractivity contribution in [2.75, 3.05) is 11.9 Å². The Balaban J connectivity index is 2.07. The molecule has 0 saturated carbocycles. The maximum Gasteiger partial charge on any atom is 0.248 e. The summed E-state index contributed by atoms with van der Waals surface area (Å²) in [6.07, 6.45) is 3.13. The van der Waals surface area contributed by atoms with Gasteiger partial charge in [0.1, 0.15) is 5.75 Å². The highest BCUT2D eigenvalue weighted by Crippen LogP contribution is 2.23. The summed E-state index contributed by atoms with van der Waals surface area (Å²) in [5.41, 5.74) is 1.44. The Bertz CT molecular complexity index is 653. The quantitative estimate of drug-likeness (QED) is 0.832. The molecule has 0 aliphatic heterocycles. The summed E-state index contributed by atoms with van der Waals surface area (Å²) in [5.74, 6) is 0.418. The molecule has 0 aliphatic rings. The number of halogens is 1. The summed E-state index contributed by atoms with van der Waals surface area (Å²) in [7, 11) is 0. The maximum absolute atomic E-state index is 12.0. The molecule has 0 radical (unpaired) electrons. The fraction of sp³-hybridized carbons (Fsp3) is 0.118. The van der Waals surface area contributed by atoms with Gasteiger partial charge >= 0.3 is 0 Å². The smallest absolute Gasteiger partial charge is 0.248 e. The molecule has 21 heavy (non-hydrogen) atoms. The molecule has 2 aromatic rings. The molecule has 108 valence electrons. The highest BCUT2D eigenvalue weighted by molar-refractivity contribution is 6.32. The van der Waals surface area contributed by atoms with Gasteiger partial charge in [-0.3, -0.25) is 4.79 Å². The first-order valence-corrected chi connectivity index (χ1v) is 7.04. The van der Waals surface area contributed by atoms with Crippen LogP contribution >= 0.6 is 11.6 Å². The minimum Gasteiger partial charge on any atom is -0.492 e. The normalized spacial score (nSPS) is 10.6. The second kappa shape index (κ2) is 7.50. The number of amides is 1. The van der Waals surface area contributed by atoms with E-state index in [1.54, 1.807) is 18.2 Å². The van der Waals surface area contributed by atoms with E-state index in [1.807, 2.05) is 43.3 Å². The van der Waals surface area contributed by atoms with Gasteiger partial charge < -0.3 is 10.1 Å². The van der Waals surface area contributed by atoms with Gasteiger partial charge in [-0.05, 0) is 36.8 Å². The molecule has 2 aromatic carbocycles. The van der Waals surface area contributed by atoms with Crippen molar-refractivity contribution in [1.82, 2.24) is 0 Å². The molecule has 3 nitrogen and oxygen atoms in total. The molecule has 0 spiro atoms. The van der Waals surface area contributed by atoms with Crippen LogP contribution in [0.5, 0.6) is 5.75 Å². The van der Waals surface area contributed by atoms with Crippen LogP contribution in [0.3, 0.4) is 0 Å². The van der Waals surface area contributed by atoms with Crippen LogP contribution in [0.15, 0.2) is 54.6 Å². The van der Waals surface area contributed by atoms with E-state index in [-0.39, 0.29) is 5.91 Å². The summed E-state index contributed by atoms with van der Waals surface area (Å²) >= 11 is 6.03. The molecule has 4 heteroatoms. The Hall–Kier alpha value is -2.26. The summed E-state index contributed by atoms with van der Waals surface area (Å²) in [6.45, 7) is 2.44. The summed E-state index contributed by atoms with van der Waals surface area (Å²) < 4.78 is 5.46. The van der Waals surface area contributed by atoms with Gasteiger partial charge in [-0.15, -0.1) is 0 Å². The minimum atomic E-state index is -0.234. The van der Waals surface area contributed by atoms with E-state index in [4.69, 9.17) is 16.3 Å². The minimum absolute atomic E-state index is 0.234. The molecule has 0 bridgehead atoms. The van der Waals surface area contributed by atoms with Crippen LogP contribution in [0.4, 0.5) is 5.69 Å². The molecule has 0 aliphatic carbocycles. The third-order valence-corrected chi connectivity index (χ3v) is 3.11. The lowest BCUT2D eigenvalue weighted by atomic mass is 10.2. The Morgan fingerprint density at radius 1 is 1.19 bits per heavy atom. The SMILES string of the molecule is CCOc1ccccc1NC(=O)/C=C/c1ccccc1Cl. The van der Waals surface area contributed by atoms with Gasteiger partial charge in [-0.25, -0.2) is 0 Å². The van der Waals surface area contributed by atoms with Crippen LogP contribution in [-0.4, -0.2) is 12.5 Å². The van der Waals surface area contributed by atoms with E-state index in [1.165, 1.54) is 6.08 Å². The van der Waals surface area contributed by atoms with Crippen LogP contribution in [0, 0.1) is 0 Å². The number of ether oxygens (including phenoxy) is 1. The summed E-state index contributed by atoms with van der Waals surface area (Å²) in [6, 6.07) is 14.7. The van der Waals surface area contributed by atoms with E-state index in [2.05, 4.69) is 5.32 Å². The molecule has 0 unspecified atom stereocenters. The zero-order chi connectivity index (χ0) is 15.1. The predicted octanol–water partition coefficient (Wildman–Crippen LogP) is 4.39. The number of anilines is 1. The first-order chi connectivity index (χ1) is 10.2. The number of hydrogen-bond acceptors (Lipinski definition) is 2. The summed E-state index contributed by atoms with van der Waals surface area (Å²) in [5, 5.41) is 3.40. The lowest BCUT2D eigenvalue weighted by molar-refractivity contribution is -0.111. The number of hydrogen-bond donors (Lipinski definition) is 1. The van der Waals surface area contributed by atoms with Gasteiger partial charge in [-0.2, -0.15) is 0 Å². The number of carbonyl (C=O) groups excluding carboxylic acids is 1. The van der Waals surface area contributed by atoms with Crippen molar-refractivity contribution in [3.8, 4) is 5.75 Å². The number of carbonyl (C=O) groups is 1. The van der Waals surface area contributed by atoms with Crippen molar-refractivity contribution >= 4 is 29.3 Å². The monoisotopic (exact) mass is 301 g/mol. The number of para-hydroxylation sites is 2. The molecule has 2 rings (SSSR count). The van der Waals surface area contributed by atoms with Gasteiger partial charge in [0, 0.05) is 11.1 Å². The average molecular weight is 302 g/mol. The first-order valence-electron chi connectivity index (χ1n) is 6.66. The second-order valence-corrected chi connectivity index (χ2v) is 4.68. The third-order valence-electron chi connectivity index (χ3n) is 2.76. The van der Waals surface area contributed by atoms with Crippen molar-refractivity contribution in [2.45, 2.75) is 6.92 Å². The predicted molar refractivity (Wildman–Crippen MR) is 86.7 cm³/mol. The van der Waals surface area contributed by atoms with Crippen molar-refractivity contribution in [3.63, 3.8) is 0 Å². The molecule has 0 heterocycles. The lowest BCUT2D eigenvalue weighted by Crippen LogP contribution is -2.09. The van der Waals surface area contributed by atoms with Crippen LogP contribution in [-0.2, 0) is 4.79 Å². The highest BCUT2D eigenvalue weighted by Gasteiger charge is 2.04. The van der Waals surface area contributed by atoms with Gasteiger partial charge in [0.05, 0.1) is 12.3 Å². The number of benzene rings is 2.